The topological polar surface area (TPSA) is 33.1 Å². The van der Waals surface area contributed by atoms with Crippen LogP contribution in [-0.2, 0) is 19.6 Å². The van der Waals surface area contributed by atoms with E-state index in [2.05, 4.69) is 33.9 Å². The number of hydrogen-bond donors (Lipinski definition) is 1. The molecule has 0 atom stereocenters. The molecule has 1 N–H and O–H groups in total. The van der Waals surface area contributed by atoms with Crippen molar-refractivity contribution in [1.82, 2.24) is 19.8 Å². The van der Waals surface area contributed by atoms with Gasteiger partial charge in [0.2, 0.25) is 0 Å². The molecule has 1 aromatic heterocycles. The lowest BCUT2D eigenvalue weighted by Gasteiger charge is -2.17. The molecule has 2 rings (SSSR count). The monoisotopic (exact) mass is 180 g/mol. The van der Waals surface area contributed by atoms with Crippen LogP contribution in [-0.4, -0.2) is 35.1 Å². The maximum atomic E-state index is 4.42. The minimum absolute atomic E-state index is 0.935. The molecule has 0 saturated carbocycles. The van der Waals surface area contributed by atoms with Crippen LogP contribution in [0.4, 0.5) is 0 Å². The molecule has 0 bridgehead atoms. The third-order valence-electron chi connectivity index (χ3n) is 2.32. The molecular formula is C9H16N4. The first kappa shape index (κ1) is 8.72. The highest BCUT2D eigenvalue weighted by Gasteiger charge is 2.13. The largest absolute Gasteiger partial charge is 0.332 e. The van der Waals surface area contributed by atoms with E-state index in [0.717, 1.165) is 26.2 Å². The van der Waals surface area contributed by atoms with Gasteiger partial charge in [-0.15, -0.1) is 0 Å². The Morgan fingerprint density at radius 2 is 2.46 bits per heavy atom. The highest BCUT2D eigenvalue weighted by molar-refractivity contribution is 5.14. The Kier molecular flexibility index (Phi) is 2.33. The van der Waals surface area contributed by atoms with Crippen LogP contribution in [0.2, 0.25) is 0 Å². The molecule has 0 aromatic carbocycles. The summed E-state index contributed by atoms with van der Waals surface area (Å²) in [6, 6.07) is 0. The summed E-state index contributed by atoms with van der Waals surface area (Å²) in [6.07, 6.45) is 1.95. The molecule has 4 nitrogen and oxygen atoms in total. The Bertz CT molecular complexity index is 290. The zero-order chi connectivity index (χ0) is 9.26. The molecule has 0 spiro atoms. The van der Waals surface area contributed by atoms with Gasteiger partial charge in [0.25, 0.3) is 0 Å². The van der Waals surface area contributed by atoms with Gasteiger partial charge >= 0.3 is 0 Å². The number of imidazole rings is 1. The quantitative estimate of drug-likeness (QED) is 0.698. The van der Waals surface area contributed by atoms with Gasteiger partial charge in [0.1, 0.15) is 0 Å². The van der Waals surface area contributed by atoms with Crippen molar-refractivity contribution in [3.05, 3.63) is 17.7 Å². The molecule has 0 saturated heterocycles. The van der Waals surface area contributed by atoms with Gasteiger partial charge in [-0.05, 0) is 14.1 Å². The lowest BCUT2D eigenvalue weighted by Crippen LogP contribution is -2.28. The van der Waals surface area contributed by atoms with Crippen LogP contribution in [0.1, 0.15) is 11.4 Å². The first-order valence-electron chi connectivity index (χ1n) is 4.65. The van der Waals surface area contributed by atoms with E-state index in [9.17, 15) is 0 Å². The fourth-order valence-corrected chi connectivity index (χ4v) is 1.68. The van der Waals surface area contributed by atoms with Crippen molar-refractivity contribution in [1.29, 1.82) is 0 Å². The molecule has 1 aliphatic heterocycles. The summed E-state index contributed by atoms with van der Waals surface area (Å²) >= 11 is 0. The molecule has 0 aliphatic carbocycles. The Balaban J connectivity index is 2.21. The van der Waals surface area contributed by atoms with Crippen LogP contribution in [0.3, 0.4) is 0 Å². The Morgan fingerprint density at radius 3 is 3.23 bits per heavy atom. The van der Waals surface area contributed by atoms with Crippen LogP contribution in [0.15, 0.2) is 6.33 Å². The van der Waals surface area contributed by atoms with E-state index in [0.29, 0.717) is 0 Å². The van der Waals surface area contributed by atoms with Crippen LogP contribution in [0.5, 0.6) is 0 Å². The summed E-state index contributed by atoms with van der Waals surface area (Å²) in [6.45, 7) is 4.01. The number of nitrogens with zero attached hydrogens (tertiary/aromatic N) is 3. The third-order valence-corrected chi connectivity index (χ3v) is 2.32. The zero-order valence-electron chi connectivity index (χ0n) is 8.25. The summed E-state index contributed by atoms with van der Waals surface area (Å²) in [4.78, 5) is 6.57. The van der Waals surface area contributed by atoms with E-state index >= 15 is 0 Å². The summed E-state index contributed by atoms with van der Waals surface area (Å²) < 4.78 is 2.25. The van der Waals surface area contributed by atoms with Gasteiger partial charge in [0.05, 0.1) is 17.7 Å². The van der Waals surface area contributed by atoms with Gasteiger partial charge in [0.15, 0.2) is 0 Å². The molecule has 13 heavy (non-hydrogen) atoms. The van der Waals surface area contributed by atoms with E-state index in [4.69, 9.17) is 0 Å². The Morgan fingerprint density at radius 1 is 1.62 bits per heavy atom. The normalized spacial score (nSPS) is 16.2. The van der Waals surface area contributed by atoms with E-state index in [1.54, 1.807) is 0 Å². The van der Waals surface area contributed by atoms with E-state index in [1.165, 1.54) is 11.4 Å². The van der Waals surface area contributed by atoms with Crippen molar-refractivity contribution in [2.75, 3.05) is 20.6 Å². The van der Waals surface area contributed by atoms with Gasteiger partial charge in [-0.25, -0.2) is 4.98 Å². The van der Waals surface area contributed by atoms with Crippen LogP contribution >= 0.6 is 0 Å². The number of fused-ring (bicyclic) bond motifs is 1. The molecule has 0 fully saturated rings. The van der Waals surface area contributed by atoms with Crippen molar-refractivity contribution < 1.29 is 0 Å². The van der Waals surface area contributed by atoms with Crippen LogP contribution < -0.4 is 5.32 Å². The number of hydrogen-bond acceptors (Lipinski definition) is 3. The van der Waals surface area contributed by atoms with Crippen LogP contribution in [0, 0.1) is 0 Å². The fraction of sp³-hybridized carbons (Fsp3) is 0.667. The average Bonchev–Trinajstić information content (AvgIpc) is 2.48. The van der Waals surface area contributed by atoms with Crippen molar-refractivity contribution >= 4 is 0 Å². The first-order valence-corrected chi connectivity index (χ1v) is 4.65. The summed E-state index contributed by atoms with van der Waals surface area (Å²) in [5.74, 6) is 0. The highest BCUT2D eigenvalue weighted by atomic mass is 15.1. The van der Waals surface area contributed by atoms with Crippen molar-refractivity contribution in [3.63, 3.8) is 0 Å². The molecule has 0 amide bonds. The minimum atomic E-state index is 0.935. The Hall–Kier alpha value is -0.870. The zero-order valence-corrected chi connectivity index (χ0v) is 8.25. The molecule has 1 aromatic rings. The molecule has 0 unspecified atom stereocenters. The highest BCUT2D eigenvalue weighted by Crippen LogP contribution is 2.11. The average molecular weight is 180 g/mol. The summed E-state index contributed by atoms with van der Waals surface area (Å²) in [5.41, 5.74) is 2.55. The van der Waals surface area contributed by atoms with Crippen molar-refractivity contribution in [2.45, 2.75) is 19.6 Å². The maximum Gasteiger partial charge on any atom is 0.0953 e. The standard InChI is InChI=1S/C9H16N4/c1-12(2)6-8-9-5-10-3-4-13(9)7-11-8/h7,10H,3-6H2,1-2H3. The maximum absolute atomic E-state index is 4.42. The Labute approximate surface area is 78.6 Å². The van der Waals surface area contributed by atoms with Crippen molar-refractivity contribution in [2.24, 2.45) is 0 Å². The lowest BCUT2D eigenvalue weighted by atomic mass is 10.2. The van der Waals surface area contributed by atoms with Crippen molar-refractivity contribution in [3.8, 4) is 0 Å². The van der Waals surface area contributed by atoms with E-state index < -0.39 is 0 Å². The van der Waals surface area contributed by atoms with Gasteiger partial charge in [-0.2, -0.15) is 0 Å². The second-order valence-corrected chi connectivity index (χ2v) is 3.75. The first-order chi connectivity index (χ1) is 6.27. The summed E-state index contributed by atoms with van der Waals surface area (Å²) in [5, 5.41) is 3.36. The SMILES string of the molecule is CN(C)Cc1ncn2c1CNCC2. The molecule has 72 valence electrons. The van der Waals surface area contributed by atoms with Gasteiger partial charge in [-0.1, -0.05) is 0 Å². The third kappa shape index (κ3) is 1.73. The number of rotatable bonds is 2. The molecule has 4 heteroatoms. The molecular weight excluding hydrogens is 164 g/mol. The predicted molar refractivity (Wildman–Crippen MR) is 51.3 cm³/mol. The molecule has 0 radical (unpaired) electrons. The van der Waals surface area contributed by atoms with E-state index in [-0.39, 0.29) is 0 Å². The van der Waals surface area contributed by atoms with Crippen LogP contribution in [0.25, 0.3) is 0 Å². The molecule has 2 heterocycles. The second kappa shape index (κ2) is 3.47. The second-order valence-electron chi connectivity index (χ2n) is 3.75. The summed E-state index contributed by atoms with van der Waals surface area (Å²) in [7, 11) is 4.14. The van der Waals surface area contributed by atoms with Gasteiger partial charge in [-0.3, -0.25) is 0 Å². The van der Waals surface area contributed by atoms with Gasteiger partial charge in [0, 0.05) is 26.2 Å². The molecule has 1 aliphatic rings. The lowest BCUT2D eigenvalue weighted by molar-refractivity contribution is 0.392. The van der Waals surface area contributed by atoms with E-state index in [1.807, 2.05) is 6.33 Å². The predicted octanol–water partition coefficient (Wildman–Crippen LogP) is 0.0479. The smallest absolute Gasteiger partial charge is 0.0953 e. The minimum Gasteiger partial charge on any atom is -0.332 e. The number of aromatic nitrogens is 2. The fourth-order valence-electron chi connectivity index (χ4n) is 1.68. The number of nitrogens with one attached hydrogen (secondary N) is 1. The van der Waals surface area contributed by atoms with Gasteiger partial charge < -0.3 is 14.8 Å².